The summed E-state index contributed by atoms with van der Waals surface area (Å²) in [4.78, 5) is 2.75. The molecule has 3 fully saturated rings. The van der Waals surface area contributed by atoms with E-state index in [9.17, 15) is 0 Å². The molecule has 2 N–H and O–H groups in total. The molecular formula is C15H28N2O2. The number of nitrogens with zero attached hydrogens (tertiary/aromatic N) is 1. The van der Waals surface area contributed by atoms with Gasteiger partial charge in [-0.3, -0.25) is 4.90 Å². The fraction of sp³-hybridized carbons (Fsp3) is 1.00. The van der Waals surface area contributed by atoms with Crippen LogP contribution in [0.2, 0.25) is 0 Å². The molecule has 2 aliphatic heterocycles. The van der Waals surface area contributed by atoms with E-state index >= 15 is 0 Å². The van der Waals surface area contributed by atoms with Crippen LogP contribution in [-0.4, -0.2) is 55.5 Å². The van der Waals surface area contributed by atoms with E-state index in [-0.39, 0.29) is 5.60 Å². The molecule has 110 valence electrons. The molecule has 2 atom stereocenters. The first-order valence-electron chi connectivity index (χ1n) is 8.00. The molecule has 0 amide bonds. The van der Waals surface area contributed by atoms with Crippen LogP contribution in [0.5, 0.6) is 0 Å². The van der Waals surface area contributed by atoms with E-state index in [0.29, 0.717) is 6.04 Å². The molecule has 1 aliphatic carbocycles. The maximum atomic E-state index is 6.07. The maximum absolute atomic E-state index is 6.07. The van der Waals surface area contributed by atoms with Gasteiger partial charge >= 0.3 is 0 Å². The van der Waals surface area contributed by atoms with Crippen molar-refractivity contribution in [3.05, 3.63) is 0 Å². The summed E-state index contributed by atoms with van der Waals surface area (Å²) in [5.41, 5.74) is 5.75. The lowest BCUT2D eigenvalue weighted by atomic mass is 9.84. The lowest BCUT2D eigenvalue weighted by Gasteiger charge is -2.47. The molecule has 4 heteroatoms. The Balaban J connectivity index is 1.63. The zero-order valence-corrected chi connectivity index (χ0v) is 12.0. The van der Waals surface area contributed by atoms with Crippen molar-refractivity contribution in [2.75, 3.05) is 32.9 Å². The summed E-state index contributed by atoms with van der Waals surface area (Å²) in [6.07, 6.45) is 8.71. The van der Waals surface area contributed by atoms with Gasteiger partial charge in [-0.2, -0.15) is 0 Å². The van der Waals surface area contributed by atoms with Crippen molar-refractivity contribution >= 4 is 0 Å². The molecule has 0 radical (unpaired) electrons. The van der Waals surface area contributed by atoms with Crippen molar-refractivity contribution in [2.45, 2.75) is 62.6 Å². The van der Waals surface area contributed by atoms with Crippen LogP contribution >= 0.6 is 0 Å². The maximum Gasteiger partial charge on any atom is 0.0951 e. The second-order valence-electron chi connectivity index (χ2n) is 6.45. The Hall–Kier alpha value is -0.160. The third-order valence-electron chi connectivity index (χ3n) is 5.17. The van der Waals surface area contributed by atoms with Crippen molar-refractivity contribution in [3.8, 4) is 0 Å². The zero-order chi connectivity index (χ0) is 13.1. The van der Waals surface area contributed by atoms with E-state index in [4.69, 9.17) is 15.2 Å². The van der Waals surface area contributed by atoms with Crippen molar-refractivity contribution in [1.82, 2.24) is 4.90 Å². The van der Waals surface area contributed by atoms with Gasteiger partial charge in [-0.25, -0.2) is 0 Å². The van der Waals surface area contributed by atoms with Crippen LogP contribution < -0.4 is 5.73 Å². The summed E-state index contributed by atoms with van der Waals surface area (Å²) in [5.74, 6) is 0. The van der Waals surface area contributed by atoms with E-state index in [1.165, 1.54) is 32.2 Å². The Kier molecular flexibility index (Phi) is 4.42. The largest absolute Gasteiger partial charge is 0.378 e. The van der Waals surface area contributed by atoms with Gasteiger partial charge in [0.1, 0.15) is 0 Å². The second kappa shape index (κ2) is 6.08. The minimum atomic E-state index is 0.0353. The van der Waals surface area contributed by atoms with E-state index in [2.05, 4.69) is 4.90 Å². The first-order valence-corrected chi connectivity index (χ1v) is 8.00. The molecule has 2 saturated heterocycles. The van der Waals surface area contributed by atoms with Crippen molar-refractivity contribution in [1.29, 1.82) is 0 Å². The quantitative estimate of drug-likeness (QED) is 0.821. The van der Waals surface area contributed by atoms with E-state index in [1.54, 1.807) is 0 Å². The molecule has 2 heterocycles. The lowest BCUT2D eigenvalue weighted by molar-refractivity contribution is -0.115. The monoisotopic (exact) mass is 268 g/mol. The second-order valence-corrected chi connectivity index (χ2v) is 6.45. The summed E-state index contributed by atoms with van der Waals surface area (Å²) in [5, 5.41) is 0. The molecule has 1 spiro atoms. The standard InChI is InChI=1S/C15H28N2O2/c16-7-2-8-17(13-3-1-4-13)14-5-9-19-15(11-14)6-10-18-12-15/h13-14H,1-12,16H2. The van der Waals surface area contributed by atoms with Crippen molar-refractivity contribution in [2.24, 2.45) is 5.73 Å². The Morgan fingerprint density at radius 2 is 2.05 bits per heavy atom. The molecule has 2 unspecified atom stereocenters. The predicted octanol–water partition coefficient (Wildman–Crippen LogP) is 1.53. The average molecular weight is 268 g/mol. The van der Waals surface area contributed by atoms with Gasteiger partial charge < -0.3 is 15.2 Å². The number of rotatable bonds is 5. The van der Waals surface area contributed by atoms with Crippen LogP contribution in [0.15, 0.2) is 0 Å². The molecule has 0 bridgehead atoms. The van der Waals surface area contributed by atoms with Gasteiger partial charge in [-0.15, -0.1) is 0 Å². The van der Waals surface area contributed by atoms with Crippen LogP contribution in [0.4, 0.5) is 0 Å². The van der Waals surface area contributed by atoms with Crippen molar-refractivity contribution in [3.63, 3.8) is 0 Å². The fourth-order valence-electron chi connectivity index (χ4n) is 3.80. The van der Waals surface area contributed by atoms with Crippen LogP contribution in [0.3, 0.4) is 0 Å². The highest BCUT2D eigenvalue weighted by molar-refractivity contribution is 4.96. The van der Waals surface area contributed by atoms with E-state index < -0.39 is 0 Å². The lowest BCUT2D eigenvalue weighted by Crippen LogP contribution is -2.54. The first kappa shape index (κ1) is 13.8. The summed E-state index contributed by atoms with van der Waals surface area (Å²) < 4.78 is 11.7. The molecule has 19 heavy (non-hydrogen) atoms. The van der Waals surface area contributed by atoms with Gasteiger partial charge in [0.15, 0.2) is 0 Å². The highest BCUT2D eigenvalue weighted by Gasteiger charge is 2.43. The summed E-state index contributed by atoms with van der Waals surface area (Å²) >= 11 is 0. The molecule has 4 nitrogen and oxygen atoms in total. The molecule has 0 aromatic heterocycles. The van der Waals surface area contributed by atoms with Crippen molar-refractivity contribution < 1.29 is 9.47 Å². The number of nitrogens with two attached hydrogens (primary N) is 1. The number of hydrogen-bond acceptors (Lipinski definition) is 4. The first-order chi connectivity index (χ1) is 9.33. The third-order valence-corrected chi connectivity index (χ3v) is 5.17. The topological polar surface area (TPSA) is 47.7 Å². The van der Waals surface area contributed by atoms with Crippen LogP contribution in [0.25, 0.3) is 0 Å². The Morgan fingerprint density at radius 3 is 2.68 bits per heavy atom. The predicted molar refractivity (Wildman–Crippen MR) is 75.2 cm³/mol. The van der Waals surface area contributed by atoms with Gasteiger partial charge in [-0.1, -0.05) is 6.42 Å². The summed E-state index contributed by atoms with van der Waals surface area (Å²) in [7, 11) is 0. The zero-order valence-electron chi connectivity index (χ0n) is 12.0. The normalized spacial score (nSPS) is 36.0. The van der Waals surface area contributed by atoms with E-state index in [1.807, 2.05) is 0 Å². The summed E-state index contributed by atoms with van der Waals surface area (Å²) in [6.45, 7) is 4.56. The molecule has 3 rings (SSSR count). The van der Waals surface area contributed by atoms with Gasteiger partial charge in [0, 0.05) is 31.7 Å². The number of ether oxygens (including phenoxy) is 2. The van der Waals surface area contributed by atoms with Crippen LogP contribution in [0, 0.1) is 0 Å². The molecule has 0 aromatic carbocycles. The minimum absolute atomic E-state index is 0.0353. The Labute approximate surface area is 116 Å². The molecule has 1 saturated carbocycles. The Morgan fingerprint density at radius 1 is 1.16 bits per heavy atom. The minimum Gasteiger partial charge on any atom is -0.378 e. The van der Waals surface area contributed by atoms with E-state index in [0.717, 1.165) is 51.7 Å². The smallest absolute Gasteiger partial charge is 0.0951 e. The molecule has 0 aromatic rings. The third kappa shape index (κ3) is 2.97. The highest BCUT2D eigenvalue weighted by Crippen LogP contribution is 2.37. The number of hydrogen-bond donors (Lipinski definition) is 1. The van der Waals surface area contributed by atoms with Crippen LogP contribution in [-0.2, 0) is 9.47 Å². The fourth-order valence-corrected chi connectivity index (χ4v) is 3.80. The molecular weight excluding hydrogens is 240 g/mol. The SMILES string of the molecule is NCCCN(C1CCC1)C1CCOC2(CCOC2)C1. The van der Waals surface area contributed by atoms with Gasteiger partial charge in [0.25, 0.3) is 0 Å². The Bertz CT molecular complexity index is 288. The highest BCUT2D eigenvalue weighted by atomic mass is 16.6. The van der Waals surface area contributed by atoms with Crippen LogP contribution in [0.1, 0.15) is 44.9 Å². The molecule has 3 aliphatic rings. The van der Waals surface area contributed by atoms with Gasteiger partial charge in [-0.05, 0) is 45.2 Å². The average Bonchev–Trinajstić information content (AvgIpc) is 2.80. The van der Waals surface area contributed by atoms with Gasteiger partial charge in [0.05, 0.1) is 12.2 Å². The summed E-state index contributed by atoms with van der Waals surface area (Å²) in [6, 6.07) is 1.50. The van der Waals surface area contributed by atoms with Gasteiger partial charge in [0.2, 0.25) is 0 Å².